The van der Waals surface area contributed by atoms with Gasteiger partial charge in [-0.3, -0.25) is 4.79 Å². The van der Waals surface area contributed by atoms with Gasteiger partial charge in [-0.05, 0) is 42.5 Å². The first-order valence-electron chi connectivity index (χ1n) is 8.19. The molecule has 0 aliphatic rings. The first-order chi connectivity index (χ1) is 13.1. The van der Waals surface area contributed by atoms with Gasteiger partial charge in [-0.15, -0.1) is 0 Å². The minimum Gasteiger partial charge on any atom is -0.497 e. The molecular weight excluding hydrogens is 481 g/mol. The van der Waals surface area contributed by atoms with Crippen LogP contribution in [0.4, 0.5) is 5.69 Å². The maximum absolute atomic E-state index is 12.6. The van der Waals surface area contributed by atoms with Gasteiger partial charge in [0.15, 0.2) is 0 Å². The Kier molecular flexibility index (Phi) is 6.68. The highest BCUT2D eigenvalue weighted by Gasteiger charge is 2.17. The van der Waals surface area contributed by atoms with Crippen molar-refractivity contribution >= 4 is 45.8 Å². The largest absolute Gasteiger partial charge is 0.497 e. The Hall–Kier alpha value is -2.13. The molecule has 0 spiro atoms. The number of hydrogen-bond acceptors (Lipinski definition) is 5. The van der Waals surface area contributed by atoms with E-state index in [4.69, 9.17) is 20.9 Å². The molecule has 0 aliphatic heterocycles. The number of aryl methyl sites for hydroxylation is 1. The zero-order chi connectivity index (χ0) is 19.2. The molecule has 3 rings (SSSR count). The van der Waals surface area contributed by atoms with Crippen molar-refractivity contribution in [3.63, 3.8) is 0 Å². The Labute approximate surface area is 175 Å². The fraction of sp³-hybridized carbons (Fsp3) is 0.211. The lowest BCUT2D eigenvalue weighted by Gasteiger charge is -2.20. The lowest BCUT2D eigenvalue weighted by molar-refractivity contribution is -0.118. The summed E-state index contributed by atoms with van der Waals surface area (Å²) in [5.41, 5.74) is 1.59. The van der Waals surface area contributed by atoms with Gasteiger partial charge in [0.2, 0.25) is 17.6 Å². The average Bonchev–Trinajstić information content (AvgIpc) is 3.16. The van der Waals surface area contributed by atoms with Gasteiger partial charge in [-0.25, -0.2) is 0 Å². The topological polar surface area (TPSA) is 68.5 Å². The van der Waals surface area contributed by atoms with Crippen molar-refractivity contribution in [2.45, 2.75) is 12.8 Å². The minimum atomic E-state index is -0.0316. The molecule has 0 aliphatic carbocycles. The number of benzene rings is 2. The molecule has 1 aromatic heterocycles. The zero-order valence-corrected chi connectivity index (χ0v) is 17.5. The molecule has 140 valence electrons. The van der Waals surface area contributed by atoms with Gasteiger partial charge in [0.25, 0.3) is 0 Å². The summed E-state index contributed by atoms with van der Waals surface area (Å²) in [4.78, 5) is 18.6. The van der Waals surface area contributed by atoms with Crippen molar-refractivity contribution in [2.24, 2.45) is 0 Å². The number of carbonyl (C=O) groups is 1. The molecule has 6 nitrogen and oxygen atoms in total. The summed E-state index contributed by atoms with van der Waals surface area (Å²) in [5.74, 6) is 1.64. The number of alkyl halides is 1. The number of ether oxygens (including phenoxy) is 1. The number of aromatic nitrogens is 2. The van der Waals surface area contributed by atoms with Gasteiger partial charge in [0, 0.05) is 29.1 Å². The van der Waals surface area contributed by atoms with Crippen molar-refractivity contribution in [1.29, 1.82) is 0 Å². The molecule has 1 amide bonds. The Balaban J connectivity index is 1.64. The summed E-state index contributed by atoms with van der Waals surface area (Å²) in [6, 6.07) is 14.6. The number of halogens is 2. The van der Waals surface area contributed by atoms with E-state index in [1.807, 2.05) is 36.4 Å². The van der Waals surface area contributed by atoms with Crippen molar-refractivity contribution in [3.05, 3.63) is 59.4 Å². The summed E-state index contributed by atoms with van der Waals surface area (Å²) in [6.45, 7) is 0. The maximum atomic E-state index is 12.6. The van der Waals surface area contributed by atoms with Crippen LogP contribution >= 0.6 is 34.2 Å². The number of nitrogens with zero attached hydrogens (tertiary/aromatic N) is 3. The van der Waals surface area contributed by atoms with Crippen molar-refractivity contribution < 1.29 is 14.1 Å². The molecular formula is C19H17ClIN3O3. The molecule has 0 atom stereocenters. The number of rotatable bonds is 7. The molecule has 3 aromatic rings. The van der Waals surface area contributed by atoms with E-state index in [1.165, 1.54) is 0 Å². The number of hydrogen-bond donors (Lipinski definition) is 0. The third-order valence-corrected chi connectivity index (χ3v) is 4.83. The van der Waals surface area contributed by atoms with Crippen molar-refractivity contribution in [2.75, 3.05) is 16.6 Å². The third kappa shape index (κ3) is 4.98. The van der Waals surface area contributed by atoms with Crippen LogP contribution in [0.2, 0.25) is 5.02 Å². The van der Waals surface area contributed by atoms with E-state index in [-0.39, 0.29) is 12.3 Å². The van der Waals surface area contributed by atoms with Gasteiger partial charge in [0.1, 0.15) is 5.75 Å². The number of carbonyl (C=O) groups excluding carboxylic acids is 1. The SMILES string of the molecule is COc1ccc(-c2noc(CCC(=O)N(CI)c3cccc(Cl)c3)n2)cc1. The molecule has 0 radical (unpaired) electrons. The summed E-state index contributed by atoms with van der Waals surface area (Å²) in [6.07, 6.45) is 0.634. The normalized spacial score (nSPS) is 10.6. The second-order valence-corrected chi connectivity index (χ2v) is 6.78. The number of amides is 1. The fourth-order valence-electron chi connectivity index (χ4n) is 2.49. The van der Waals surface area contributed by atoms with Crippen molar-refractivity contribution in [3.8, 4) is 17.1 Å². The monoisotopic (exact) mass is 497 g/mol. The van der Waals surface area contributed by atoms with Crippen LogP contribution in [-0.2, 0) is 11.2 Å². The highest BCUT2D eigenvalue weighted by atomic mass is 127. The molecule has 0 N–H and O–H groups in total. The first kappa shape index (κ1) is 19.6. The molecule has 0 bridgehead atoms. The predicted molar refractivity (Wildman–Crippen MR) is 112 cm³/mol. The van der Waals surface area contributed by atoms with Gasteiger partial charge in [-0.1, -0.05) is 45.4 Å². The van der Waals surface area contributed by atoms with Gasteiger partial charge in [-0.2, -0.15) is 4.98 Å². The molecule has 0 saturated carbocycles. The fourth-order valence-corrected chi connectivity index (χ4v) is 3.45. The highest BCUT2D eigenvalue weighted by Crippen LogP contribution is 2.22. The first-order valence-corrected chi connectivity index (χ1v) is 10.1. The highest BCUT2D eigenvalue weighted by molar-refractivity contribution is 14.1. The summed E-state index contributed by atoms with van der Waals surface area (Å²) < 4.78 is 10.9. The third-order valence-electron chi connectivity index (χ3n) is 3.91. The van der Waals surface area contributed by atoms with Crippen LogP contribution < -0.4 is 9.64 Å². The van der Waals surface area contributed by atoms with Gasteiger partial charge in [0.05, 0.1) is 11.7 Å². The second kappa shape index (κ2) is 9.18. The quantitative estimate of drug-likeness (QED) is 0.268. The number of methoxy groups -OCH3 is 1. The maximum Gasteiger partial charge on any atom is 0.228 e. The smallest absolute Gasteiger partial charge is 0.228 e. The minimum absolute atomic E-state index is 0.0316. The molecule has 2 aromatic carbocycles. The summed E-state index contributed by atoms with van der Waals surface area (Å²) >= 11 is 8.17. The van der Waals surface area contributed by atoms with E-state index in [0.29, 0.717) is 27.7 Å². The van der Waals surface area contributed by atoms with Crippen LogP contribution in [0, 0.1) is 0 Å². The van der Waals surface area contributed by atoms with E-state index in [1.54, 1.807) is 24.1 Å². The van der Waals surface area contributed by atoms with E-state index in [9.17, 15) is 4.79 Å². The zero-order valence-electron chi connectivity index (χ0n) is 14.6. The van der Waals surface area contributed by atoms with Crippen LogP contribution in [0.1, 0.15) is 12.3 Å². The van der Waals surface area contributed by atoms with Crippen LogP contribution in [0.25, 0.3) is 11.4 Å². The molecule has 0 fully saturated rings. The van der Waals surface area contributed by atoms with Gasteiger partial charge >= 0.3 is 0 Å². The number of anilines is 1. The molecule has 0 unspecified atom stereocenters. The Bertz CT molecular complexity index is 915. The average molecular weight is 498 g/mol. The van der Waals surface area contributed by atoms with E-state index in [0.717, 1.165) is 17.0 Å². The molecule has 8 heteroatoms. The van der Waals surface area contributed by atoms with E-state index >= 15 is 0 Å². The summed E-state index contributed by atoms with van der Waals surface area (Å²) in [7, 11) is 1.61. The lowest BCUT2D eigenvalue weighted by atomic mass is 10.2. The Morgan fingerprint density at radius 1 is 1.26 bits per heavy atom. The molecule has 1 heterocycles. The Morgan fingerprint density at radius 3 is 2.70 bits per heavy atom. The van der Waals surface area contributed by atoms with Gasteiger partial charge < -0.3 is 14.2 Å². The summed E-state index contributed by atoms with van der Waals surface area (Å²) in [5, 5.41) is 4.58. The molecule has 27 heavy (non-hydrogen) atoms. The predicted octanol–water partition coefficient (Wildman–Crippen LogP) is 4.76. The van der Waals surface area contributed by atoms with Crippen LogP contribution in [0.15, 0.2) is 53.1 Å². The van der Waals surface area contributed by atoms with Crippen LogP contribution in [0.5, 0.6) is 5.75 Å². The second-order valence-electron chi connectivity index (χ2n) is 5.66. The lowest BCUT2D eigenvalue weighted by Crippen LogP contribution is -2.29. The van der Waals surface area contributed by atoms with E-state index < -0.39 is 0 Å². The van der Waals surface area contributed by atoms with Crippen molar-refractivity contribution in [1.82, 2.24) is 10.1 Å². The van der Waals surface area contributed by atoms with E-state index in [2.05, 4.69) is 32.7 Å². The van der Waals surface area contributed by atoms with Crippen LogP contribution in [-0.4, -0.2) is 27.7 Å². The Morgan fingerprint density at radius 2 is 2.04 bits per heavy atom. The standard InChI is InChI=1S/C19H17ClIN3O3/c1-26-16-7-5-13(6-8-16)19-22-17(27-23-19)9-10-18(25)24(12-21)15-4-2-3-14(20)11-15/h2-8,11H,9-10,12H2,1H3. The van der Waals surface area contributed by atoms with Crippen LogP contribution in [0.3, 0.4) is 0 Å². The molecule has 0 saturated heterocycles.